The van der Waals surface area contributed by atoms with Crippen LogP contribution in [0.15, 0.2) is 0 Å². The fraction of sp³-hybridized carbons (Fsp3) is 1.00. The van der Waals surface area contributed by atoms with Crippen molar-refractivity contribution in [3.63, 3.8) is 0 Å². The van der Waals surface area contributed by atoms with Crippen LogP contribution >= 0.6 is 0 Å². The Morgan fingerprint density at radius 1 is 1.21 bits per heavy atom. The fourth-order valence-corrected chi connectivity index (χ4v) is 3.07. The predicted molar refractivity (Wildman–Crippen MR) is 63.9 cm³/mol. The summed E-state index contributed by atoms with van der Waals surface area (Å²) in [4.78, 5) is 0. The Hall–Kier alpha value is 0.137. The number of rotatable bonds is 2. The summed E-state index contributed by atoms with van der Waals surface area (Å²) in [6.45, 7) is 11.5. The molecule has 1 fully saturated rings. The Morgan fingerprint density at radius 2 is 1.79 bits per heavy atom. The molecule has 3 heteroatoms. The van der Waals surface area contributed by atoms with Crippen LogP contribution in [-0.2, 0) is 4.43 Å². The highest BCUT2D eigenvalue weighted by Gasteiger charge is 2.40. The Kier molecular flexibility index (Phi) is 3.44. The molecule has 84 valence electrons. The lowest BCUT2D eigenvalue weighted by atomic mass is 10.2. The highest BCUT2D eigenvalue weighted by molar-refractivity contribution is 6.74. The molecule has 2 atom stereocenters. The summed E-state index contributed by atoms with van der Waals surface area (Å²) in [6.07, 6.45) is 3.80. The summed E-state index contributed by atoms with van der Waals surface area (Å²) in [6, 6.07) is 0.379. The van der Waals surface area contributed by atoms with Gasteiger partial charge in [-0.2, -0.15) is 0 Å². The molecule has 2 N–H and O–H groups in total. The molecule has 0 aromatic carbocycles. The molecule has 0 bridgehead atoms. The van der Waals surface area contributed by atoms with E-state index >= 15 is 0 Å². The van der Waals surface area contributed by atoms with Crippen molar-refractivity contribution >= 4 is 8.32 Å². The zero-order valence-corrected chi connectivity index (χ0v) is 11.3. The maximum atomic E-state index is 6.29. The first kappa shape index (κ1) is 12.2. The molecule has 2 nitrogen and oxygen atoms in total. The van der Waals surface area contributed by atoms with E-state index < -0.39 is 8.32 Å². The highest BCUT2D eigenvalue weighted by atomic mass is 28.4. The third-order valence-electron chi connectivity index (χ3n) is 3.69. The van der Waals surface area contributed by atoms with Crippen molar-refractivity contribution in [3.8, 4) is 0 Å². The molecule has 14 heavy (non-hydrogen) atoms. The van der Waals surface area contributed by atoms with Gasteiger partial charge in [-0.3, -0.25) is 0 Å². The fourth-order valence-electron chi connectivity index (χ4n) is 1.67. The maximum absolute atomic E-state index is 6.29. The minimum atomic E-state index is -1.56. The molecule has 1 rings (SSSR count). The summed E-state index contributed by atoms with van der Waals surface area (Å²) < 4.78 is 6.29. The minimum absolute atomic E-state index is 0.319. The zero-order valence-electron chi connectivity index (χ0n) is 10.3. The van der Waals surface area contributed by atoms with Gasteiger partial charge in [0.1, 0.15) is 0 Å². The van der Waals surface area contributed by atoms with Crippen LogP contribution in [0.4, 0.5) is 0 Å². The van der Waals surface area contributed by atoms with E-state index in [1.54, 1.807) is 0 Å². The molecular formula is C11H25NOSi. The van der Waals surface area contributed by atoms with Crippen molar-refractivity contribution in [1.29, 1.82) is 0 Å². The van der Waals surface area contributed by atoms with Gasteiger partial charge in [0.05, 0.1) is 0 Å². The van der Waals surface area contributed by atoms with Gasteiger partial charge in [0, 0.05) is 12.1 Å². The number of hydrogen-bond acceptors (Lipinski definition) is 2. The summed E-state index contributed by atoms with van der Waals surface area (Å²) >= 11 is 0. The first-order chi connectivity index (χ1) is 6.22. The van der Waals surface area contributed by atoms with E-state index in [1.165, 1.54) is 0 Å². The summed E-state index contributed by atoms with van der Waals surface area (Å²) in [5.41, 5.74) is 5.89. The second-order valence-electron chi connectivity index (χ2n) is 6.07. The molecule has 0 aromatic heterocycles. The molecule has 1 saturated carbocycles. The predicted octanol–water partition coefficient (Wildman–Crippen LogP) is 2.89. The van der Waals surface area contributed by atoms with Crippen LogP contribution in [0.3, 0.4) is 0 Å². The van der Waals surface area contributed by atoms with Crippen LogP contribution in [0, 0.1) is 0 Å². The van der Waals surface area contributed by atoms with Crippen molar-refractivity contribution in [2.45, 2.75) is 70.3 Å². The molecule has 0 saturated heterocycles. The van der Waals surface area contributed by atoms with Gasteiger partial charge in [-0.1, -0.05) is 20.8 Å². The molecule has 0 amide bonds. The van der Waals surface area contributed by atoms with Gasteiger partial charge in [0.2, 0.25) is 0 Å². The van der Waals surface area contributed by atoms with E-state index in [9.17, 15) is 0 Å². The SMILES string of the molecule is CC(C)(C)[Si](C)(C)O[C@H]1CC[C@@H](N)C1. The average molecular weight is 215 g/mol. The smallest absolute Gasteiger partial charge is 0.192 e. The van der Waals surface area contributed by atoms with Crippen LogP contribution < -0.4 is 5.73 Å². The molecule has 0 heterocycles. The van der Waals surface area contributed by atoms with Crippen molar-refractivity contribution in [2.24, 2.45) is 5.73 Å². The average Bonchev–Trinajstić information content (AvgIpc) is 2.31. The monoisotopic (exact) mass is 215 g/mol. The van der Waals surface area contributed by atoms with Gasteiger partial charge < -0.3 is 10.2 Å². The normalized spacial score (nSPS) is 29.6. The van der Waals surface area contributed by atoms with Gasteiger partial charge in [0.25, 0.3) is 0 Å². The largest absolute Gasteiger partial charge is 0.414 e. The maximum Gasteiger partial charge on any atom is 0.192 e. The zero-order chi connectivity index (χ0) is 11.0. The lowest BCUT2D eigenvalue weighted by Gasteiger charge is -2.38. The van der Waals surface area contributed by atoms with E-state index in [0.29, 0.717) is 17.2 Å². The summed E-state index contributed by atoms with van der Waals surface area (Å²) in [5.74, 6) is 0. The van der Waals surface area contributed by atoms with Crippen LogP contribution in [0.25, 0.3) is 0 Å². The van der Waals surface area contributed by atoms with E-state index in [2.05, 4.69) is 33.9 Å². The van der Waals surface area contributed by atoms with Gasteiger partial charge in [0.15, 0.2) is 8.32 Å². The quantitative estimate of drug-likeness (QED) is 0.719. The first-order valence-electron chi connectivity index (χ1n) is 5.66. The molecule has 0 aliphatic heterocycles. The van der Waals surface area contributed by atoms with Crippen molar-refractivity contribution in [2.75, 3.05) is 0 Å². The third-order valence-corrected chi connectivity index (χ3v) is 8.23. The second-order valence-corrected chi connectivity index (χ2v) is 10.8. The van der Waals surface area contributed by atoms with E-state index in [4.69, 9.17) is 10.2 Å². The third kappa shape index (κ3) is 2.81. The van der Waals surface area contributed by atoms with Gasteiger partial charge in [-0.25, -0.2) is 0 Å². The van der Waals surface area contributed by atoms with Crippen molar-refractivity contribution in [1.82, 2.24) is 0 Å². The molecule has 1 aliphatic rings. The molecule has 1 aliphatic carbocycles. The van der Waals surface area contributed by atoms with Crippen LogP contribution in [0.1, 0.15) is 40.0 Å². The van der Waals surface area contributed by atoms with Crippen molar-refractivity contribution in [3.05, 3.63) is 0 Å². The molecule has 0 spiro atoms. The lowest BCUT2D eigenvalue weighted by molar-refractivity contribution is 0.186. The first-order valence-corrected chi connectivity index (χ1v) is 8.56. The Bertz CT molecular complexity index is 198. The number of nitrogens with two attached hydrogens (primary N) is 1. The van der Waals surface area contributed by atoms with Crippen LogP contribution in [0.5, 0.6) is 0 Å². The number of hydrogen-bond donors (Lipinski definition) is 1. The van der Waals surface area contributed by atoms with E-state index in [1.807, 2.05) is 0 Å². The second kappa shape index (κ2) is 3.95. The molecule has 0 unspecified atom stereocenters. The molecule has 0 aromatic rings. The summed E-state index contributed by atoms with van der Waals surface area (Å²) in [5, 5.41) is 0.319. The van der Waals surface area contributed by atoms with Crippen molar-refractivity contribution < 1.29 is 4.43 Å². The minimum Gasteiger partial charge on any atom is -0.414 e. The Balaban J connectivity index is 2.51. The van der Waals surface area contributed by atoms with E-state index in [-0.39, 0.29) is 0 Å². The topological polar surface area (TPSA) is 35.2 Å². The van der Waals surface area contributed by atoms with Gasteiger partial charge in [-0.15, -0.1) is 0 Å². The standard InChI is InChI=1S/C11H25NOSi/c1-11(2,3)14(4,5)13-10-7-6-9(12)8-10/h9-10H,6-8,12H2,1-5H3/t9-,10+/m1/s1. The molecular weight excluding hydrogens is 190 g/mol. The van der Waals surface area contributed by atoms with Gasteiger partial charge in [-0.05, 0) is 37.4 Å². The van der Waals surface area contributed by atoms with Crippen LogP contribution in [0.2, 0.25) is 18.1 Å². The molecule has 0 radical (unpaired) electrons. The highest BCUT2D eigenvalue weighted by Crippen LogP contribution is 2.39. The van der Waals surface area contributed by atoms with Gasteiger partial charge >= 0.3 is 0 Å². The lowest BCUT2D eigenvalue weighted by Crippen LogP contribution is -2.43. The Morgan fingerprint density at radius 3 is 2.14 bits per heavy atom. The van der Waals surface area contributed by atoms with Crippen LogP contribution in [-0.4, -0.2) is 20.5 Å². The van der Waals surface area contributed by atoms with E-state index in [0.717, 1.165) is 19.3 Å². The summed E-state index contributed by atoms with van der Waals surface area (Å²) in [7, 11) is -1.56. The Labute approximate surface area is 89.3 Å².